The first-order chi connectivity index (χ1) is 10.1. The van der Waals surface area contributed by atoms with Crippen molar-refractivity contribution in [3.05, 3.63) is 44.8 Å². The number of rotatable bonds is 7. The van der Waals surface area contributed by atoms with Crippen LogP contribution in [0.5, 0.6) is 0 Å². The Morgan fingerprint density at radius 2 is 1.71 bits per heavy atom. The van der Waals surface area contributed by atoms with Crippen molar-refractivity contribution >= 4 is 28.6 Å². The summed E-state index contributed by atoms with van der Waals surface area (Å²) < 4.78 is 0. The first-order valence-electron chi connectivity index (χ1n) is 7.16. The molecule has 1 amide bonds. The molecule has 0 aliphatic heterocycles. The predicted octanol–water partition coefficient (Wildman–Crippen LogP) is 3.65. The van der Waals surface area contributed by atoms with Crippen LogP contribution in [0.15, 0.2) is 35.0 Å². The number of hydrogen-bond donors (Lipinski definition) is 2. The molecule has 0 fully saturated rings. The smallest absolute Gasteiger partial charge is 0.236 e. The quantitative estimate of drug-likeness (QED) is 0.817. The van der Waals surface area contributed by atoms with Crippen molar-refractivity contribution in [3.63, 3.8) is 0 Å². The van der Waals surface area contributed by atoms with Crippen LogP contribution in [0.3, 0.4) is 0 Å². The number of amides is 1. The highest BCUT2D eigenvalue weighted by Crippen LogP contribution is 2.30. The molecule has 5 heteroatoms. The second kappa shape index (κ2) is 7.73. The maximum Gasteiger partial charge on any atom is 0.236 e. The molecular formula is C16H22N2OS2. The molecule has 0 bridgehead atoms. The Kier molecular flexibility index (Phi) is 5.96. The molecule has 0 saturated heterocycles. The van der Waals surface area contributed by atoms with Gasteiger partial charge in [0.15, 0.2) is 0 Å². The Hall–Kier alpha value is -1.17. The third kappa shape index (κ3) is 4.40. The number of thiophene rings is 2. The van der Waals surface area contributed by atoms with Gasteiger partial charge in [-0.05, 0) is 35.2 Å². The van der Waals surface area contributed by atoms with Gasteiger partial charge in [-0.25, -0.2) is 0 Å². The van der Waals surface area contributed by atoms with E-state index in [0.29, 0.717) is 5.92 Å². The van der Waals surface area contributed by atoms with Crippen LogP contribution in [0.25, 0.3) is 0 Å². The summed E-state index contributed by atoms with van der Waals surface area (Å²) in [7, 11) is 1.70. The van der Waals surface area contributed by atoms with Crippen LogP contribution in [0.4, 0.5) is 0 Å². The van der Waals surface area contributed by atoms with Crippen molar-refractivity contribution in [2.45, 2.75) is 32.4 Å². The highest BCUT2D eigenvalue weighted by atomic mass is 32.1. The molecule has 0 saturated carbocycles. The molecular weight excluding hydrogens is 300 g/mol. The Labute approximate surface area is 134 Å². The van der Waals surface area contributed by atoms with E-state index in [1.165, 1.54) is 9.75 Å². The normalized spacial score (nSPS) is 12.8. The highest BCUT2D eigenvalue weighted by Gasteiger charge is 2.25. The van der Waals surface area contributed by atoms with Crippen LogP contribution in [0.2, 0.25) is 0 Å². The van der Waals surface area contributed by atoms with Gasteiger partial charge < -0.3 is 5.32 Å². The number of nitrogens with one attached hydrogen (secondary N) is 2. The average Bonchev–Trinajstić information content (AvgIpc) is 3.14. The summed E-state index contributed by atoms with van der Waals surface area (Å²) >= 11 is 3.44. The molecule has 0 radical (unpaired) electrons. The van der Waals surface area contributed by atoms with Gasteiger partial charge in [-0.1, -0.05) is 26.0 Å². The fourth-order valence-electron chi connectivity index (χ4n) is 2.31. The van der Waals surface area contributed by atoms with Gasteiger partial charge in [-0.15, -0.1) is 22.7 Å². The Morgan fingerprint density at radius 3 is 2.10 bits per heavy atom. The zero-order valence-corrected chi connectivity index (χ0v) is 14.3. The Bertz CT molecular complexity index is 500. The Balaban J connectivity index is 2.22. The van der Waals surface area contributed by atoms with E-state index in [2.05, 4.69) is 59.5 Å². The lowest BCUT2D eigenvalue weighted by atomic mass is 10.0. The van der Waals surface area contributed by atoms with Gasteiger partial charge in [-0.2, -0.15) is 0 Å². The fraction of sp³-hybridized carbons (Fsp3) is 0.438. The van der Waals surface area contributed by atoms with Crippen molar-refractivity contribution in [3.8, 4) is 0 Å². The lowest BCUT2D eigenvalue weighted by Gasteiger charge is -2.25. The zero-order chi connectivity index (χ0) is 15.2. The molecule has 1 atom stereocenters. The number of hydrogen-bond acceptors (Lipinski definition) is 4. The largest absolute Gasteiger partial charge is 0.358 e. The van der Waals surface area contributed by atoms with E-state index >= 15 is 0 Å². The number of carbonyl (C=O) groups excluding carboxylic acids is 1. The summed E-state index contributed by atoms with van der Waals surface area (Å²) in [4.78, 5) is 14.6. The SMILES string of the molecule is CNC(=O)C(CC(C)C)NC(c1cccs1)c1cccs1. The standard InChI is InChI=1S/C16H22N2OS2/c1-11(2)10-12(16(19)17-3)18-15(13-6-4-8-20-13)14-7-5-9-21-14/h4-9,11-12,15,18H,10H2,1-3H3,(H,17,19). The van der Waals surface area contributed by atoms with Crippen LogP contribution < -0.4 is 10.6 Å². The van der Waals surface area contributed by atoms with Crippen molar-refractivity contribution in [1.82, 2.24) is 10.6 Å². The van der Waals surface area contributed by atoms with E-state index in [4.69, 9.17) is 0 Å². The van der Waals surface area contributed by atoms with E-state index in [1.54, 1.807) is 29.7 Å². The predicted molar refractivity (Wildman–Crippen MR) is 90.9 cm³/mol. The average molecular weight is 322 g/mol. The summed E-state index contributed by atoms with van der Waals surface area (Å²) in [6, 6.07) is 8.27. The van der Waals surface area contributed by atoms with Crippen molar-refractivity contribution in [2.75, 3.05) is 7.05 Å². The minimum atomic E-state index is -0.177. The maximum atomic E-state index is 12.2. The van der Waals surface area contributed by atoms with Gasteiger partial charge in [0.05, 0.1) is 12.1 Å². The minimum Gasteiger partial charge on any atom is -0.358 e. The van der Waals surface area contributed by atoms with Crippen LogP contribution in [0.1, 0.15) is 36.1 Å². The van der Waals surface area contributed by atoms with Gasteiger partial charge in [0.1, 0.15) is 0 Å². The van der Waals surface area contributed by atoms with Gasteiger partial charge in [0.2, 0.25) is 5.91 Å². The molecule has 0 aliphatic rings. The Morgan fingerprint density at radius 1 is 1.14 bits per heavy atom. The van der Waals surface area contributed by atoms with Crippen molar-refractivity contribution < 1.29 is 4.79 Å². The minimum absolute atomic E-state index is 0.0572. The van der Waals surface area contributed by atoms with Crippen molar-refractivity contribution in [1.29, 1.82) is 0 Å². The first kappa shape index (κ1) is 16.2. The summed E-state index contributed by atoms with van der Waals surface area (Å²) in [6.07, 6.45) is 0.826. The molecule has 114 valence electrons. The third-order valence-electron chi connectivity index (χ3n) is 3.29. The molecule has 0 aliphatic carbocycles. The number of carbonyl (C=O) groups is 1. The molecule has 21 heavy (non-hydrogen) atoms. The van der Waals surface area contributed by atoms with Gasteiger partial charge in [0, 0.05) is 16.8 Å². The summed E-state index contributed by atoms with van der Waals surface area (Å²) in [5.41, 5.74) is 0. The molecule has 2 N–H and O–H groups in total. The summed E-state index contributed by atoms with van der Waals surface area (Å²) in [5, 5.41) is 10.5. The van der Waals surface area contributed by atoms with Gasteiger partial charge in [-0.3, -0.25) is 10.1 Å². The molecule has 2 aromatic rings. The lowest BCUT2D eigenvalue weighted by molar-refractivity contribution is -0.123. The van der Waals surface area contributed by atoms with E-state index in [9.17, 15) is 4.79 Å². The third-order valence-corrected chi connectivity index (χ3v) is 5.17. The summed E-state index contributed by atoms with van der Waals surface area (Å²) in [6.45, 7) is 4.28. The van der Waals surface area contributed by atoms with Crippen LogP contribution in [0, 0.1) is 5.92 Å². The monoisotopic (exact) mass is 322 g/mol. The second-order valence-corrected chi connectivity index (χ2v) is 7.39. The molecule has 1 unspecified atom stereocenters. The fourth-order valence-corrected chi connectivity index (χ4v) is 3.99. The molecule has 3 nitrogen and oxygen atoms in total. The molecule has 0 aromatic carbocycles. The van der Waals surface area contributed by atoms with Crippen LogP contribution in [-0.2, 0) is 4.79 Å². The maximum absolute atomic E-state index is 12.2. The first-order valence-corrected chi connectivity index (χ1v) is 8.92. The molecule has 0 spiro atoms. The highest BCUT2D eigenvalue weighted by molar-refractivity contribution is 7.11. The van der Waals surface area contributed by atoms with Crippen LogP contribution in [-0.4, -0.2) is 19.0 Å². The molecule has 2 heterocycles. The van der Waals surface area contributed by atoms with Crippen LogP contribution >= 0.6 is 22.7 Å². The molecule has 2 rings (SSSR count). The van der Waals surface area contributed by atoms with E-state index in [-0.39, 0.29) is 18.0 Å². The van der Waals surface area contributed by atoms with Gasteiger partial charge in [0.25, 0.3) is 0 Å². The molecule has 2 aromatic heterocycles. The van der Waals surface area contributed by atoms with E-state index < -0.39 is 0 Å². The van der Waals surface area contributed by atoms with Gasteiger partial charge >= 0.3 is 0 Å². The topological polar surface area (TPSA) is 41.1 Å². The van der Waals surface area contributed by atoms with E-state index in [0.717, 1.165) is 6.42 Å². The number of likely N-dealkylation sites (N-methyl/N-ethyl adjacent to an activating group) is 1. The summed E-state index contributed by atoms with van der Waals surface area (Å²) in [5.74, 6) is 0.522. The lowest BCUT2D eigenvalue weighted by Crippen LogP contribution is -2.45. The zero-order valence-electron chi connectivity index (χ0n) is 12.6. The van der Waals surface area contributed by atoms with E-state index in [1.807, 2.05) is 0 Å². The second-order valence-electron chi connectivity index (χ2n) is 5.43. The van der Waals surface area contributed by atoms with Crippen molar-refractivity contribution in [2.24, 2.45) is 5.92 Å².